The highest BCUT2D eigenvalue weighted by molar-refractivity contribution is 6.30. The molecule has 2 aromatic carbocycles. The number of nitrogens with zero attached hydrogens (tertiary/aromatic N) is 1. The van der Waals surface area contributed by atoms with Crippen LogP contribution in [0.5, 0.6) is 5.75 Å². The van der Waals surface area contributed by atoms with Gasteiger partial charge >= 0.3 is 0 Å². The summed E-state index contributed by atoms with van der Waals surface area (Å²) in [5.41, 5.74) is 1.66. The van der Waals surface area contributed by atoms with Gasteiger partial charge in [-0.15, -0.1) is 0 Å². The van der Waals surface area contributed by atoms with Gasteiger partial charge in [0.05, 0.1) is 6.04 Å². The Morgan fingerprint density at radius 3 is 2.48 bits per heavy atom. The Morgan fingerprint density at radius 2 is 1.81 bits per heavy atom. The summed E-state index contributed by atoms with van der Waals surface area (Å²) in [5, 5.41) is 3.54. The van der Waals surface area contributed by atoms with Crippen LogP contribution in [0.15, 0.2) is 73.1 Å². The van der Waals surface area contributed by atoms with Gasteiger partial charge in [-0.1, -0.05) is 41.9 Å². The summed E-state index contributed by atoms with van der Waals surface area (Å²) in [6, 6.07) is 16.4. The quantitative estimate of drug-likeness (QED) is 0.678. The number of aromatic nitrogens is 1. The fraction of sp³-hybridized carbons (Fsp3) is 0.143. The van der Waals surface area contributed by atoms with Crippen molar-refractivity contribution in [3.05, 3.63) is 95.0 Å². The van der Waals surface area contributed by atoms with Gasteiger partial charge in [0.25, 0.3) is 5.91 Å². The Kier molecular flexibility index (Phi) is 6.04. The number of rotatable bonds is 6. The fourth-order valence-corrected chi connectivity index (χ4v) is 2.73. The molecule has 0 spiro atoms. The number of carbonyl (C=O) groups excluding carboxylic acids is 1. The van der Waals surface area contributed by atoms with E-state index in [4.69, 9.17) is 16.3 Å². The van der Waals surface area contributed by atoms with Crippen LogP contribution in [-0.2, 0) is 4.79 Å². The van der Waals surface area contributed by atoms with Crippen LogP contribution in [0.2, 0.25) is 5.02 Å². The van der Waals surface area contributed by atoms with Crippen LogP contribution >= 0.6 is 11.6 Å². The predicted molar refractivity (Wildman–Crippen MR) is 102 cm³/mol. The van der Waals surface area contributed by atoms with Crippen LogP contribution in [0.1, 0.15) is 24.1 Å². The number of carbonyl (C=O) groups is 1. The third-order valence-electron chi connectivity index (χ3n) is 4.02. The van der Waals surface area contributed by atoms with Crippen molar-refractivity contribution in [3.63, 3.8) is 0 Å². The first-order valence-corrected chi connectivity index (χ1v) is 8.79. The number of amides is 1. The third kappa shape index (κ3) is 4.83. The number of ether oxygens (including phenoxy) is 1. The second-order valence-corrected chi connectivity index (χ2v) is 6.41. The van der Waals surface area contributed by atoms with Gasteiger partial charge in [-0.25, -0.2) is 4.39 Å². The van der Waals surface area contributed by atoms with Crippen molar-refractivity contribution in [1.82, 2.24) is 10.3 Å². The first-order valence-electron chi connectivity index (χ1n) is 8.41. The molecule has 0 saturated heterocycles. The minimum atomic E-state index is -0.881. The summed E-state index contributed by atoms with van der Waals surface area (Å²) >= 11 is 5.97. The Bertz CT molecular complexity index is 904. The summed E-state index contributed by atoms with van der Waals surface area (Å²) in [5.74, 6) is -0.856. The lowest BCUT2D eigenvalue weighted by atomic mass is 10.00. The zero-order valence-corrected chi connectivity index (χ0v) is 15.4. The smallest absolute Gasteiger partial charge is 0.261 e. The van der Waals surface area contributed by atoms with E-state index >= 15 is 0 Å². The normalized spacial score (nSPS) is 12.9. The predicted octanol–water partition coefficient (Wildman–Crippen LogP) is 4.55. The molecule has 2 atom stereocenters. The first-order chi connectivity index (χ1) is 13.0. The van der Waals surface area contributed by atoms with Crippen LogP contribution in [-0.4, -0.2) is 17.0 Å². The van der Waals surface area contributed by atoms with E-state index in [1.54, 1.807) is 49.6 Å². The molecule has 0 aliphatic carbocycles. The largest absolute Gasteiger partial charge is 0.478 e. The van der Waals surface area contributed by atoms with Crippen molar-refractivity contribution in [2.24, 2.45) is 0 Å². The lowest BCUT2D eigenvalue weighted by Crippen LogP contribution is -2.39. The van der Waals surface area contributed by atoms with E-state index in [0.717, 1.165) is 11.1 Å². The summed E-state index contributed by atoms with van der Waals surface area (Å²) < 4.78 is 19.2. The minimum absolute atomic E-state index is 0.0320. The van der Waals surface area contributed by atoms with Gasteiger partial charge in [0.1, 0.15) is 0 Å². The maximum absolute atomic E-state index is 13.8. The SMILES string of the molecule is C[C@@H](Oc1ccccc1F)C(=O)N[C@H](c1ccc(Cl)cc1)c1cccnc1. The van der Waals surface area contributed by atoms with Crippen LogP contribution in [0, 0.1) is 5.82 Å². The molecular formula is C21H18ClFN2O2. The molecule has 6 heteroatoms. The van der Waals surface area contributed by atoms with Crippen LogP contribution in [0.4, 0.5) is 4.39 Å². The van der Waals surface area contributed by atoms with Crippen molar-refractivity contribution in [1.29, 1.82) is 0 Å². The molecule has 1 amide bonds. The summed E-state index contributed by atoms with van der Waals surface area (Å²) in [6.07, 6.45) is 2.46. The lowest BCUT2D eigenvalue weighted by Gasteiger charge is -2.22. The molecule has 0 radical (unpaired) electrons. The van der Waals surface area contributed by atoms with E-state index in [0.29, 0.717) is 5.02 Å². The highest BCUT2D eigenvalue weighted by atomic mass is 35.5. The molecule has 1 aromatic heterocycles. The lowest BCUT2D eigenvalue weighted by molar-refractivity contribution is -0.127. The van der Waals surface area contributed by atoms with Crippen molar-refractivity contribution >= 4 is 17.5 Å². The Labute approximate surface area is 162 Å². The van der Waals surface area contributed by atoms with Crippen LogP contribution in [0.3, 0.4) is 0 Å². The molecule has 0 aliphatic rings. The van der Waals surface area contributed by atoms with Gasteiger partial charge in [-0.2, -0.15) is 0 Å². The average molecular weight is 385 g/mol. The number of benzene rings is 2. The molecule has 138 valence electrons. The molecule has 0 saturated carbocycles. The van der Waals surface area contributed by atoms with Gasteiger partial charge < -0.3 is 10.1 Å². The molecule has 1 N–H and O–H groups in total. The molecule has 0 unspecified atom stereocenters. The van der Waals surface area contributed by atoms with Gasteiger partial charge in [-0.05, 0) is 48.4 Å². The number of pyridine rings is 1. The van der Waals surface area contributed by atoms with E-state index in [1.807, 2.05) is 18.2 Å². The topological polar surface area (TPSA) is 51.2 Å². The third-order valence-corrected chi connectivity index (χ3v) is 4.27. The highest BCUT2D eigenvalue weighted by Gasteiger charge is 2.22. The van der Waals surface area contributed by atoms with Crippen molar-refractivity contribution in [2.45, 2.75) is 19.1 Å². The van der Waals surface area contributed by atoms with Crippen molar-refractivity contribution in [3.8, 4) is 5.75 Å². The molecule has 0 aliphatic heterocycles. The Morgan fingerprint density at radius 1 is 1.07 bits per heavy atom. The van der Waals surface area contributed by atoms with Gasteiger partial charge in [-0.3, -0.25) is 9.78 Å². The minimum Gasteiger partial charge on any atom is -0.478 e. The van der Waals surface area contributed by atoms with Crippen molar-refractivity contribution in [2.75, 3.05) is 0 Å². The molecule has 0 bridgehead atoms. The Balaban J connectivity index is 1.80. The molecule has 0 fully saturated rings. The standard InChI is InChI=1S/C21H18ClFN2O2/c1-14(27-19-7-3-2-6-18(19)23)21(26)25-20(16-5-4-12-24-13-16)15-8-10-17(22)11-9-15/h2-14,20H,1H3,(H,25,26)/t14-,20-/m1/s1. The molecule has 3 aromatic rings. The zero-order valence-electron chi connectivity index (χ0n) is 14.6. The maximum atomic E-state index is 13.8. The van der Waals surface area contributed by atoms with E-state index in [9.17, 15) is 9.18 Å². The first kappa shape index (κ1) is 18.9. The van der Waals surface area contributed by atoms with Gasteiger partial charge in [0.2, 0.25) is 0 Å². The molecule has 4 nitrogen and oxygen atoms in total. The van der Waals surface area contributed by atoms with E-state index in [2.05, 4.69) is 10.3 Å². The summed E-state index contributed by atoms with van der Waals surface area (Å²) in [6.45, 7) is 1.57. The second kappa shape index (κ2) is 8.64. The number of hydrogen-bond donors (Lipinski definition) is 1. The highest BCUT2D eigenvalue weighted by Crippen LogP contribution is 2.24. The number of para-hydroxylation sites is 1. The average Bonchev–Trinajstić information content (AvgIpc) is 2.69. The van der Waals surface area contributed by atoms with Gasteiger partial charge in [0, 0.05) is 17.4 Å². The van der Waals surface area contributed by atoms with Crippen molar-refractivity contribution < 1.29 is 13.9 Å². The summed E-state index contributed by atoms with van der Waals surface area (Å²) in [4.78, 5) is 16.8. The van der Waals surface area contributed by atoms with Crippen LogP contribution in [0.25, 0.3) is 0 Å². The van der Waals surface area contributed by atoms with Gasteiger partial charge in [0.15, 0.2) is 17.7 Å². The van der Waals surface area contributed by atoms with E-state index in [1.165, 1.54) is 12.1 Å². The number of halogens is 2. The van der Waals surface area contributed by atoms with Crippen LogP contribution < -0.4 is 10.1 Å². The maximum Gasteiger partial charge on any atom is 0.261 e. The summed E-state index contributed by atoms with van der Waals surface area (Å²) in [7, 11) is 0. The second-order valence-electron chi connectivity index (χ2n) is 5.97. The number of hydrogen-bond acceptors (Lipinski definition) is 3. The Hall–Kier alpha value is -2.92. The molecular weight excluding hydrogens is 367 g/mol. The van der Waals surface area contributed by atoms with E-state index in [-0.39, 0.29) is 11.7 Å². The van der Waals surface area contributed by atoms with E-state index < -0.39 is 18.0 Å². The fourth-order valence-electron chi connectivity index (χ4n) is 2.60. The molecule has 1 heterocycles. The molecule has 27 heavy (non-hydrogen) atoms. The number of nitrogens with one attached hydrogen (secondary N) is 1. The zero-order chi connectivity index (χ0) is 19.2. The monoisotopic (exact) mass is 384 g/mol. The molecule has 3 rings (SSSR count).